The number of aromatic nitrogens is 1. The second-order valence-corrected chi connectivity index (χ2v) is 5.96. The number of methoxy groups -OCH3 is 1. The Kier molecular flexibility index (Phi) is 4.34. The Balaban J connectivity index is 1.69. The van der Waals surface area contributed by atoms with Crippen LogP contribution in [-0.4, -0.2) is 24.7 Å². The highest BCUT2D eigenvalue weighted by molar-refractivity contribution is 7.21. The van der Waals surface area contributed by atoms with Crippen molar-refractivity contribution in [2.75, 3.05) is 13.7 Å². The second kappa shape index (κ2) is 6.39. The molecule has 0 spiro atoms. The van der Waals surface area contributed by atoms with Gasteiger partial charge >= 0.3 is 0 Å². The van der Waals surface area contributed by atoms with E-state index >= 15 is 0 Å². The Labute approximate surface area is 127 Å². The third-order valence-electron chi connectivity index (χ3n) is 3.30. The summed E-state index contributed by atoms with van der Waals surface area (Å²) >= 11 is 1.65. The zero-order valence-electron chi connectivity index (χ0n) is 12.1. The lowest BCUT2D eigenvalue weighted by atomic mass is 10.3. The Hall–Kier alpha value is -1.69. The molecule has 1 atom stereocenters. The number of ether oxygens (including phenoxy) is 1. The third-order valence-corrected chi connectivity index (χ3v) is 4.35. The van der Waals surface area contributed by atoms with Crippen molar-refractivity contribution in [3.05, 3.63) is 42.2 Å². The molecule has 4 nitrogen and oxygen atoms in total. The zero-order valence-corrected chi connectivity index (χ0v) is 12.9. The minimum atomic E-state index is 0.198. The van der Waals surface area contributed by atoms with Crippen molar-refractivity contribution < 1.29 is 9.15 Å². The van der Waals surface area contributed by atoms with Crippen LogP contribution in [0.15, 0.2) is 40.8 Å². The summed E-state index contributed by atoms with van der Waals surface area (Å²) < 4.78 is 12.2. The summed E-state index contributed by atoms with van der Waals surface area (Å²) in [6.07, 6.45) is 0.198. The first-order valence-electron chi connectivity index (χ1n) is 6.94. The fourth-order valence-electron chi connectivity index (χ4n) is 2.05. The molecule has 0 aliphatic heterocycles. The summed E-state index contributed by atoms with van der Waals surface area (Å²) in [5, 5.41) is 4.23. The van der Waals surface area contributed by atoms with E-state index in [1.807, 2.05) is 37.3 Å². The third kappa shape index (κ3) is 3.32. The van der Waals surface area contributed by atoms with Crippen LogP contribution in [0, 0.1) is 0 Å². The van der Waals surface area contributed by atoms with Crippen LogP contribution in [0.3, 0.4) is 0 Å². The van der Waals surface area contributed by atoms with E-state index in [1.165, 1.54) is 4.70 Å². The standard InChI is InChI=1S/C16H18N2O2S/c1-11(19-2)9-17-10-12-7-8-14(20-12)16-18-13-5-3-4-6-15(13)21-16/h3-8,11,17H,9-10H2,1-2H3. The number of para-hydroxylation sites is 1. The Morgan fingerprint density at radius 3 is 2.95 bits per heavy atom. The molecule has 21 heavy (non-hydrogen) atoms. The van der Waals surface area contributed by atoms with E-state index in [9.17, 15) is 0 Å². The van der Waals surface area contributed by atoms with E-state index in [0.29, 0.717) is 6.54 Å². The first kappa shape index (κ1) is 14.3. The van der Waals surface area contributed by atoms with Crippen molar-refractivity contribution in [3.63, 3.8) is 0 Å². The average molecular weight is 302 g/mol. The minimum absolute atomic E-state index is 0.198. The molecule has 0 fully saturated rings. The number of furan rings is 1. The smallest absolute Gasteiger partial charge is 0.163 e. The fraction of sp³-hybridized carbons (Fsp3) is 0.312. The Bertz CT molecular complexity index is 687. The zero-order chi connectivity index (χ0) is 14.7. The van der Waals surface area contributed by atoms with Crippen molar-refractivity contribution in [1.29, 1.82) is 0 Å². The van der Waals surface area contributed by atoms with Crippen molar-refractivity contribution in [1.82, 2.24) is 10.3 Å². The fourth-order valence-corrected chi connectivity index (χ4v) is 2.97. The number of nitrogens with zero attached hydrogens (tertiary/aromatic N) is 1. The van der Waals surface area contributed by atoms with Gasteiger partial charge in [0.15, 0.2) is 10.8 Å². The van der Waals surface area contributed by atoms with Gasteiger partial charge in [-0.3, -0.25) is 0 Å². The molecule has 2 heterocycles. The lowest BCUT2D eigenvalue weighted by Crippen LogP contribution is -2.25. The van der Waals surface area contributed by atoms with E-state index in [-0.39, 0.29) is 6.10 Å². The number of hydrogen-bond acceptors (Lipinski definition) is 5. The summed E-state index contributed by atoms with van der Waals surface area (Å²) in [7, 11) is 1.71. The van der Waals surface area contributed by atoms with Gasteiger partial charge in [0.05, 0.1) is 22.9 Å². The van der Waals surface area contributed by atoms with Gasteiger partial charge in [0.25, 0.3) is 0 Å². The summed E-state index contributed by atoms with van der Waals surface area (Å²) in [5.41, 5.74) is 1.02. The first-order valence-corrected chi connectivity index (χ1v) is 7.76. The van der Waals surface area contributed by atoms with Gasteiger partial charge in [-0.25, -0.2) is 4.98 Å². The molecule has 0 amide bonds. The first-order chi connectivity index (χ1) is 10.3. The van der Waals surface area contributed by atoms with Crippen LogP contribution in [-0.2, 0) is 11.3 Å². The molecule has 3 rings (SSSR count). The second-order valence-electron chi connectivity index (χ2n) is 4.93. The molecule has 5 heteroatoms. The van der Waals surface area contributed by atoms with E-state index in [2.05, 4.69) is 16.4 Å². The van der Waals surface area contributed by atoms with Crippen molar-refractivity contribution in [2.45, 2.75) is 19.6 Å². The monoisotopic (exact) mass is 302 g/mol. The largest absolute Gasteiger partial charge is 0.457 e. The number of nitrogens with one attached hydrogen (secondary N) is 1. The highest BCUT2D eigenvalue weighted by Gasteiger charge is 2.10. The summed E-state index contributed by atoms with van der Waals surface area (Å²) in [5.74, 6) is 1.74. The van der Waals surface area contributed by atoms with Crippen LogP contribution in [0.5, 0.6) is 0 Å². The highest BCUT2D eigenvalue weighted by atomic mass is 32.1. The summed E-state index contributed by atoms with van der Waals surface area (Å²) in [4.78, 5) is 4.60. The highest BCUT2D eigenvalue weighted by Crippen LogP contribution is 2.30. The van der Waals surface area contributed by atoms with Crippen LogP contribution in [0.1, 0.15) is 12.7 Å². The van der Waals surface area contributed by atoms with E-state index in [0.717, 1.165) is 28.6 Å². The summed E-state index contributed by atoms with van der Waals surface area (Å²) in [6.45, 7) is 3.52. The Morgan fingerprint density at radius 2 is 2.14 bits per heavy atom. The van der Waals surface area contributed by atoms with Crippen LogP contribution >= 0.6 is 11.3 Å². The molecular formula is C16H18N2O2S. The molecule has 0 saturated carbocycles. The maximum absolute atomic E-state index is 5.86. The van der Waals surface area contributed by atoms with Gasteiger partial charge in [-0.2, -0.15) is 0 Å². The molecule has 2 aromatic heterocycles. The topological polar surface area (TPSA) is 47.3 Å². The lowest BCUT2D eigenvalue weighted by Gasteiger charge is -2.09. The minimum Gasteiger partial charge on any atom is -0.457 e. The van der Waals surface area contributed by atoms with E-state index in [1.54, 1.807) is 18.4 Å². The van der Waals surface area contributed by atoms with Crippen molar-refractivity contribution in [2.24, 2.45) is 0 Å². The number of hydrogen-bond donors (Lipinski definition) is 1. The molecule has 1 unspecified atom stereocenters. The molecule has 0 saturated heterocycles. The predicted octanol–water partition coefficient (Wildman–Crippen LogP) is 3.68. The predicted molar refractivity (Wildman–Crippen MR) is 85.5 cm³/mol. The quantitative estimate of drug-likeness (QED) is 0.754. The van der Waals surface area contributed by atoms with Crippen molar-refractivity contribution >= 4 is 21.6 Å². The number of thiazole rings is 1. The van der Waals surface area contributed by atoms with Gasteiger partial charge in [-0.15, -0.1) is 11.3 Å². The van der Waals surface area contributed by atoms with Gasteiger partial charge in [0, 0.05) is 13.7 Å². The van der Waals surface area contributed by atoms with Gasteiger partial charge in [-0.05, 0) is 31.2 Å². The van der Waals surface area contributed by atoms with Crippen molar-refractivity contribution in [3.8, 4) is 10.8 Å². The number of rotatable bonds is 6. The van der Waals surface area contributed by atoms with Gasteiger partial charge < -0.3 is 14.5 Å². The maximum atomic E-state index is 5.86. The lowest BCUT2D eigenvalue weighted by molar-refractivity contribution is 0.116. The maximum Gasteiger partial charge on any atom is 0.163 e. The van der Waals surface area contributed by atoms with Crippen LogP contribution in [0.4, 0.5) is 0 Å². The van der Waals surface area contributed by atoms with Crippen LogP contribution in [0.2, 0.25) is 0 Å². The molecular weight excluding hydrogens is 284 g/mol. The molecule has 0 aliphatic carbocycles. The van der Waals surface area contributed by atoms with Gasteiger partial charge in [0.2, 0.25) is 0 Å². The molecule has 110 valence electrons. The SMILES string of the molecule is COC(C)CNCc1ccc(-c2nc3ccccc3s2)o1. The number of benzene rings is 1. The molecule has 0 aliphatic rings. The normalized spacial score (nSPS) is 12.9. The molecule has 1 N–H and O–H groups in total. The summed E-state index contributed by atoms with van der Waals surface area (Å²) in [6, 6.07) is 12.1. The van der Waals surface area contributed by atoms with Crippen LogP contribution in [0.25, 0.3) is 21.0 Å². The number of fused-ring (bicyclic) bond motifs is 1. The molecule has 3 aromatic rings. The van der Waals surface area contributed by atoms with Crippen LogP contribution < -0.4 is 5.32 Å². The molecule has 1 aromatic carbocycles. The average Bonchev–Trinajstić information content (AvgIpc) is 3.13. The Morgan fingerprint density at radius 1 is 1.29 bits per heavy atom. The molecule has 0 bridgehead atoms. The van der Waals surface area contributed by atoms with E-state index in [4.69, 9.17) is 9.15 Å². The molecule has 0 radical (unpaired) electrons. The van der Waals surface area contributed by atoms with Gasteiger partial charge in [0.1, 0.15) is 5.76 Å². The van der Waals surface area contributed by atoms with Gasteiger partial charge in [-0.1, -0.05) is 12.1 Å². The van der Waals surface area contributed by atoms with E-state index < -0.39 is 0 Å².